The Balaban J connectivity index is 1.24. The zero-order valence-corrected chi connectivity index (χ0v) is 19.1. The fraction of sp³-hybridized carbons (Fsp3) is 0.385. The van der Waals surface area contributed by atoms with Crippen LogP contribution < -0.4 is 10.6 Å². The van der Waals surface area contributed by atoms with Gasteiger partial charge in [-0.15, -0.1) is 0 Å². The van der Waals surface area contributed by atoms with E-state index in [0.29, 0.717) is 25.9 Å². The van der Waals surface area contributed by atoms with Crippen LogP contribution in [0.5, 0.6) is 0 Å². The van der Waals surface area contributed by atoms with Crippen molar-refractivity contribution in [2.75, 3.05) is 19.7 Å². The van der Waals surface area contributed by atoms with Crippen molar-refractivity contribution in [1.29, 1.82) is 0 Å². The van der Waals surface area contributed by atoms with Crippen molar-refractivity contribution in [3.8, 4) is 11.1 Å². The average Bonchev–Trinajstić information content (AvgIpc) is 3.38. The summed E-state index contributed by atoms with van der Waals surface area (Å²) in [5.74, 6) is -1.69. The first-order valence-electron chi connectivity index (χ1n) is 11.8. The number of amides is 3. The van der Waals surface area contributed by atoms with Gasteiger partial charge < -0.3 is 25.4 Å². The third-order valence-corrected chi connectivity index (χ3v) is 7.17. The predicted molar refractivity (Wildman–Crippen MR) is 125 cm³/mol. The normalized spacial score (nSPS) is 21.4. The summed E-state index contributed by atoms with van der Waals surface area (Å²) in [4.78, 5) is 50.4. The van der Waals surface area contributed by atoms with Crippen molar-refractivity contribution in [1.82, 2.24) is 15.5 Å². The summed E-state index contributed by atoms with van der Waals surface area (Å²) >= 11 is 0. The molecule has 35 heavy (non-hydrogen) atoms. The van der Waals surface area contributed by atoms with E-state index in [4.69, 9.17) is 4.74 Å². The summed E-state index contributed by atoms with van der Waals surface area (Å²) in [6.45, 7) is 0.780. The molecule has 3 atom stereocenters. The third-order valence-electron chi connectivity index (χ3n) is 7.17. The lowest BCUT2D eigenvalue weighted by molar-refractivity contribution is -0.143. The van der Waals surface area contributed by atoms with Gasteiger partial charge in [0, 0.05) is 31.5 Å². The molecular weight excluding hydrogens is 450 g/mol. The molecule has 1 aliphatic carbocycles. The first-order valence-corrected chi connectivity index (χ1v) is 11.8. The summed E-state index contributed by atoms with van der Waals surface area (Å²) in [7, 11) is 0. The number of aliphatic carboxylic acids is 1. The van der Waals surface area contributed by atoms with Crippen molar-refractivity contribution < 1.29 is 29.0 Å². The van der Waals surface area contributed by atoms with Gasteiger partial charge in [-0.1, -0.05) is 48.5 Å². The smallest absolute Gasteiger partial charge is 0.407 e. The lowest BCUT2D eigenvalue weighted by Gasteiger charge is -2.36. The Morgan fingerprint density at radius 1 is 1.09 bits per heavy atom. The highest BCUT2D eigenvalue weighted by Gasteiger charge is 2.40. The van der Waals surface area contributed by atoms with Crippen LogP contribution >= 0.6 is 0 Å². The van der Waals surface area contributed by atoms with E-state index in [2.05, 4.69) is 10.6 Å². The Morgan fingerprint density at radius 3 is 2.40 bits per heavy atom. The molecule has 1 unspecified atom stereocenters. The molecule has 0 bridgehead atoms. The first kappa shape index (κ1) is 22.9. The Labute approximate surface area is 202 Å². The first-order chi connectivity index (χ1) is 16.9. The number of nitrogens with zero attached hydrogens (tertiary/aromatic N) is 1. The number of piperidine rings is 1. The molecular formula is C26H27N3O6. The van der Waals surface area contributed by atoms with Gasteiger partial charge in [-0.05, 0) is 34.6 Å². The minimum absolute atomic E-state index is 0.0341. The summed E-state index contributed by atoms with van der Waals surface area (Å²) in [6, 6.07) is 14.5. The van der Waals surface area contributed by atoms with E-state index in [-0.39, 0.29) is 30.4 Å². The highest BCUT2D eigenvalue weighted by molar-refractivity contribution is 5.89. The van der Waals surface area contributed by atoms with Crippen LogP contribution in [0.4, 0.5) is 4.79 Å². The number of alkyl carbamates (subject to hydrolysis) is 1. The Kier molecular flexibility index (Phi) is 6.15. The van der Waals surface area contributed by atoms with Gasteiger partial charge in [0.15, 0.2) is 0 Å². The van der Waals surface area contributed by atoms with E-state index >= 15 is 0 Å². The number of carbonyl (C=O) groups is 4. The summed E-state index contributed by atoms with van der Waals surface area (Å²) in [5, 5.41) is 14.7. The number of ether oxygens (including phenoxy) is 1. The van der Waals surface area contributed by atoms with Crippen molar-refractivity contribution >= 4 is 23.9 Å². The minimum atomic E-state index is -1.25. The van der Waals surface area contributed by atoms with E-state index in [1.165, 1.54) is 4.90 Å². The van der Waals surface area contributed by atoms with Crippen molar-refractivity contribution in [3.63, 3.8) is 0 Å². The molecule has 3 aliphatic rings. The maximum atomic E-state index is 13.1. The zero-order chi connectivity index (χ0) is 24.5. The summed E-state index contributed by atoms with van der Waals surface area (Å²) < 4.78 is 5.50. The number of fused-ring (bicyclic) bond motifs is 4. The van der Waals surface area contributed by atoms with Crippen LogP contribution in [0.15, 0.2) is 48.5 Å². The molecule has 5 rings (SSSR count). The van der Waals surface area contributed by atoms with E-state index in [1.54, 1.807) is 0 Å². The fourth-order valence-electron chi connectivity index (χ4n) is 5.49. The second-order valence-electron chi connectivity index (χ2n) is 9.33. The number of hydrogen-bond acceptors (Lipinski definition) is 5. The molecule has 0 aromatic heterocycles. The molecule has 9 nitrogen and oxygen atoms in total. The number of carboxylic acids is 1. The van der Waals surface area contributed by atoms with Crippen molar-refractivity contribution in [2.45, 2.75) is 37.3 Å². The van der Waals surface area contributed by atoms with Gasteiger partial charge in [-0.25, -0.2) is 4.79 Å². The van der Waals surface area contributed by atoms with Crippen LogP contribution in [0.1, 0.15) is 36.3 Å². The largest absolute Gasteiger partial charge is 0.481 e. The van der Waals surface area contributed by atoms with Crippen LogP contribution in [-0.4, -0.2) is 65.7 Å². The molecule has 2 aromatic carbocycles. The molecule has 2 heterocycles. The number of carbonyl (C=O) groups excluding carboxylic acids is 3. The van der Waals surface area contributed by atoms with Crippen LogP contribution in [-0.2, 0) is 19.1 Å². The Bertz CT molecular complexity index is 1140. The second-order valence-corrected chi connectivity index (χ2v) is 9.33. The molecule has 0 radical (unpaired) electrons. The van der Waals surface area contributed by atoms with E-state index in [9.17, 15) is 24.3 Å². The maximum absolute atomic E-state index is 13.1. The standard InChI is InChI=1S/C26H27N3O6/c30-23-11-15-9-10-29(13-22(15)27-23)25(33)21(12-24(31)32)28-26(34)35-14-20-18-7-3-1-5-16(18)17-6-2-4-8-19(17)20/h1-8,15,20-22H,9-14H2,(H,27,30)(H,28,34)(H,31,32)/t15-,21?,22-/m1/s1. The van der Waals surface area contributed by atoms with Gasteiger partial charge in [-0.2, -0.15) is 0 Å². The molecule has 2 aliphatic heterocycles. The molecule has 9 heteroatoms. The molecule has 182 valence electrons. The molecule has 2 fully saturated rings. The number of likely N-dealkylation sites (tertiary alicyclic amines) is 1. The fourth-order valence-corrected chi connectivity index (χ4v) is 5.49. The highest BCUT2D eigenvalue weighted by Crippen LogP contribution is 2.44. The quantitative estimate of drug-likeness (QED) is 0.585. The van der Waals surface area contributed by atoms with Crippen LogP contribution in [0.3, 0.4) is 0 Å². The second kappa shape index (κ2) is 9.40. The van der Waals surface area contributed by atoms with Crippen molar-refractivity contribution in [2.24, 2.45) is 5.92 Å². The molecule has 0 spiro atoms. The van der Waals surface area contributed by atoms with Crippen LogP contribution in [0.25, 0.3) is 11.1 Å². The minimum Gasteiger partial charge on any atom is -0.481 e. The molecule has 2 aromatic rings. The van der Waals surface area contributed by atoms with E-state index in [0.717, 1.165) is 22.3 Å². The lowest BCUT2D eigenvalue weighted by Crippen LogP contribution is -2.55. The number of hydrogen-bond donors (Lipinski definition) is 3. The van der Waals surface area contributed by atoms with Crippen LogP contribution in [0, 0.1) is 5.92 Å². The summed E-state index contributed by atoms with van der Waals surface area (Å²) in [6.07, 6.45) is -0.293. The zero-order valence-electron chi connectivity index (χ0n) is 19.1. The SMILES string of the molecule is O=C(O)CC(NC(=O)OCC1c2ccccc2-c2ccccc21)C(=O)N1CC[C@@H]2CC(=O)N[C@@H]2C1. The third kappa shape index (κ3) is 4.58. The van der Waals surface area contributed by atoms with Gasteiger partial charge in [0.1, 0.15) is 12.6 Å². The topological polar surface area (TPSA) is 125 Å². The number of rotatable bonds is 6. The number of benzene rings is 2. The van der Waals surface area contributed by atoms with Gasteiger partial charge in [0.05, 0.1) is 6.42 Å². The molecule has 2 saturated heterocycles. The van der Waals surface area contributed by atoms with Gasteiger partial charge in [0.2, 0.25) is 11.8 Å². The number of nitrogens with one attached hydrogen (secondary N) is 2. The van der Waals surface area contributed by atoms with Gasteiger partial charge in [-0.3, -0.25) is 14.4 Å². The lowest BCUT2D eigenvalue weighted by atomic mass is 9.92. The predicted octanol–water partition coefficient (Wildman–Crippen LogP) is 2.11. The Morgan fingerprint density at radius 2 is 1.74 bits per heavy atom. The average molecular weight is 478 g/mol. The summed E-state index contributed by atoms with van der Waals surface area (Å²) in [5.41, 5.74) is 4.30. The Hall–Kier alpha value is -3.88. The number of carboxylic acid groups (broad SMARTS) is 1. The highest BCUT2D eigenvalue weighted by atomic mass is 16.5. The molecule has 0 saturated carbocycles. The van der Waals surface area contributed by atoms with Crippen LogP contribution in [0.2, 0.25) is 0 Å². The van der Waals surface area contributed by atoms with E-state index in [1.807, 2.05) is 48.5 Å². The molecule has 3 N–H and O–H groups in total. The van der Waals surface area contributed by atoms with E-state index < -0.39 is 30.4 Å². The van der Waals surface area contributed by atoms with Gasteiger partial charge in [0.25, 0.3) is 0 Å². The molecule has 3 amide bonds. The van der Waals surface area contributed by atoms with Gasteiger partial charge >= 0.3 is 12.1 Å². The maximum Gasteiger partial charge on any atom is 0.407 e. The monoisotopic (exact) mass is 477 g/mol. The van der Waals surface area contributed by atoms with Crippen molar-refractivity contribution in [3.05, 3.63) is 59.7 Å².